The van der Waals surface area contributed by atoms with Crippen molar-refractivity contribution < 1.29 is 4.92 Å². The lowest BCUT2D eigenvalue weighted by atomic mass is 9.85. The lowest BCUT2D eigenvalue weighted by Crippen LogP contribution is -2.09. The second kappa shape index (κ2) is 7.34. The SMILES string of the molecule is Nc1ccc(Nc2ccc(CC3CCCCC3)cc2[N+](=O)[O-])cc1. The summed E-state index contributed by atoms with van der Waals surface area (Å²) in [6, 6.07) is 12.7. The molecule has 0 spiro atoms. The van der Waals surface area contributed by atoms with Crippen LogP contribution in [-0.4, -0.2) is 4.92 Å². The molecule has 5 heteroatoms. The van der Waals surface area contributed by atoms with Crippen molar-refractivity contribution in [3.63, 3.8) is 0 Å². The molecule has 0 unspecified atom stereocenters. The Labute approximate surface area is 142 Å². The Morgan fingerprint density at radius 3 is 2.46 bits per heavy atom. The van der Waals surface area contributed by atoms with Gasteiger partial charge < -0.3 is 11.1 Å². The summed E-state index contributed by atoms with van der Waals surface area (Å²) in [7, 11) is 0. The second-order valence-corrected chi connectivity index (χ2v) is 6.56. The molecule has 3 N–H and O–H groups in total. The molecule has 2 aromatic rings. The molecule has 0 bridgehead atoms. The van der Waals surface area contributed by atoms with E-state index < -0.39 is 0 Å². The van der Waals surface area contributed by atoms with Crippen LogP contribution in [0.5, 0.6) is 0 Å². The van der Waals surface area contributed by atoms with Crippen molar-refractivity contribution in [1.82, 2.24) is 0 Å². The van der Waals surface area contributed by atoms with E-state index in [1.165, 1.54) is 32.1 Å². The van der Waals surface area contributed by atoms with Crippen LogP contribution in [0.25, 0.3) is 0 Å². The van der Waals surface area contributed by atoms with Crippen LogP contribution in [0.15, 0.2) is 42.5 Å². The lowest BCUT2D eigenvalue weighted by molar-refractivity contribution is -0.384. The molecule has 1 saturated carbocycles. The lowest BCUT2D eigenvalue weighted by Gasteiger charge is -2.21. The molecule has 1 aliphatic rings. The van der Waals surface area contributed by atoms with E-state index in [9.17, 15) is 10.1 Å². The number of hydrogen-bond donors (Lipinski definition) is 2. The first-order valence-corrected chi connectivity index (χ1v) is 8.52. The van der Waals surface area contributed by atoms with Crippen LogP contribution in [0.4, 0.5) is 22.7 Å². The van der Waals surface area contributed by atoms with Crippen LogP contribution in [0, 0.1) is 16.0 Å². The summed E-state index contributed by atoms with van der Waals surface area (Å²) in [4.78, 5) is 11.1. The first-order valence-electron chi connectivity index (χ1n) is 8.52. The van der Waals surface area contributed by atoms with Crippen molar-refractivity contribution in [3.8, 4) is 0 Å². The van der Waals surface area contributed by atoms with Gasteiger partial charge >= 0.3 is 0 Å². The minimum Gasteiger partial charge on any atom is -0.399 e. The molecule has 0 aromatic heterocycles. The highest BCUT2D eigenvalue weighted by molar-refractivity contribution is 5.70. The first kappa shape index (κ1) is 16.3. The predicted octanol–water partition coefficient (Wildman–Crippen LogP) is 5.04. The van der Waals surface area contributed by atoms with Gasteiger partial charge in [0.15, 0.2) is 0 Å². The fourth-order valence-corrected chi connectivity index (χ4v) is 3.41. The largest absolute Gasteiger partial charge is 0.399 e. The van der Waals surface area contributed by atoms with Crippen LogP contribution in [-0.2, 0) is 6.42 Å². The van der Waals surface area contributed by atoms with E-state index in [0.29, 0.717) is 17.3 Å². The fourth-order valence-electron chi connectivity index (χ4n) is 3.41. The minimum atomic E-state index is -0.315. The van der Waals surface area contributed by atoms with Crippen molar-refractivity contribution in [3.05, 3.63) is 58.1 Å². The van der Waals surface area contributed by atoms with E-state index in [2.05, 4.69) is 5.32 Å². The molecule has 3 rings (SSSR count). The summed E-state index contributed by atoms with van der Waals surface area (Å²) in [5.41, 5.74) is 8.81. The van der Waals surface area contributed by atoms with Crippen LogP contribution in [0.1, 0.15) is 37.7 Å². The van der Waals surface area contributed by atoms with Gasteiger partial charge in [0.05, 0.1) is 4.92 Å². The van der Waals surface area contributed by atoms with Gasteiger partial charge in [0.2, 0.25) is 0 Å². The van der Waals surface area contributed by atoms with E-state index in [-0.39, 0.29) is 10.6 Å². The Morgan fingerprint density at radius 2 is 1.79 bits per heavy atom. The number of nitrogens with two attached hydrogens (primary N) is 1. The van der Waals surface area contributed by atoms with Gasteiger partial charge in [-0.25, -0.2) is 0 Å². The van der Waals surface area contributed by atoms with Crippen molar-refractivity contribution >= 4 is 22.7 Å². The number of nitro benzene ring substituents is 1. The molecule has 0 heterocycles. The maximum atomic E-state index is 11.5. The van der Waals surface area contributed by atoms with Crippen molar-refractivity contribution in [2.45, 2.75) is 38.5 Å². The maximum absolute atomic E-state index is 11.5. The zero-order chi connectivity index (χ0) is 16.9. The van der Waals surface area contributed by atoms with Gasteiger partial charge in [-0.05, 0) is 48.2 Å². The van der Waals surface area contributed by atoms with Gasteiger partial charge in [0.25, 0.3) is 5.69 Å². The second-order valence-electron chi connectivity index (χ2n) is 6.56. The number of benzene rings is 2. The Hall–Kier alpha value is -2.56. The van der Waals surface area contributed by atoms with E-state index >= 15 is 0 Å². The number of rotatable bonds is 5. The Bertz CT molecular complexity index is 707. The summed E-state index contributed by atoms with van der Waals surface area (Å²) < 4.78 is 0. The summed E-state index contributed by atoms with van der Waals surface area (Å²) in [5, 5.41) is 14.6. The highest BCUT2D eigenvalue weighted by Gasteiger charge is 2.18. The van der Waals surface area contributed by atoms with Gasteiger partial charge in [0, 0.05) is 17.4 Å². The predicted molar refractivity (Wildman–Crippen MR) is 97.5 cm³/mol. The summed E-state index contributed by atoms with van der Waals surface area (Å²) in [6.45, 7) is 0. The number of nitrogen functional groups attached to an aromatic ring is 1. The third-order valence-corrected chi connectivity index (χ3v) is 4.70. The molecule has 2 aromatic carbocycles. The molecule has 126 valence electrons. The molecule has 0 atom stereocenters. The topological polar surface area (TPSA) is 81.2 Å². The van der Waals surface area contributed by atoms with E-state index in [0.717, 1.165) is 17.7 Å². The van der Waals surface area contributed by atoms with Crippen molar-refractivity contribution in [2.24, 2.45) is 5.92 Å². The average Bonchev–Trinajstić information content (AvgIpc) is 2.59. The van der Waals surface area contributed by atoms with Gasteiger partial charge in [-0.2, -0.15) is 0 Å². The average molecular weight is 325 g/mol. The van der Waals surface area contributed by atoms with Crippen LogP contribution < -0.4 is 11.1 Å². The molecule has 5 nitrogen and oxygen atoms in total. The van der Waals surface area contributed by atoms with E-state index in [4.69, 9.17) is 5.73 Å². The zero-order valence-electron chi connectivity index (χ0n) is 13.7. The molecular weight excluding hydrogens is 302 g/mol. The number of nitro groups is 1. The number of nitrogens with one attached hydrogen (secondary N) is 1. The Morgan fingerprint density at radius 1 is 1.08 bits per heavy atom. The molecular formula is C19H23N3O2. The quantitative estimate of drug-likeness (QED) is 0.458. The third-order valence-electron chi connectivity index (χ3n) is 4.70. The number of anilines is 3. The molecule has 1 aliphatic carbocycles. The number of hydrogen-bond acceptors (Lipinski definition) is 4. The zero-order valence-corrected chi connectivity index (χ0v) is 13.7. The Kier molecular flexibility index (Phi) is 4.99. The van der Waals surface area contributed by atoms with E-state index in [1.54, 1.807) is 18.2 Å². The van der Waals surface area contributed by atoms with Crippen LogP contribution >= 0.6 is 0 Å². The van der Waals surface area contributed by atoms with Crippen LogP contribution in [0.3, 0.4) is 0 Å². The highest BCUT2D eigenvalue weighted by atomic mass is 16.6. The van der Waals surface area contributed by atoms with Gasteiger partial charge in [0.1, 0.15) is 5.69 Å². The van der Waals surface area contributed by atoms with Gasteiger partial charge in [-0.3, -0.25) is 10.1 Å². The van der Waals surface area contributed by atoms with Gasteiger partial charge in [-0.15, -0.1) is 0 Å². The number of nitrogens with zero attached hydrogens (tertiary/aromatic N) is 1. The molecule has 0 radical (unpaired) electrons. The van der Waals surface area contributed by atoms with Crippen molar-refractivity contribution in [2.75, 3.05) is 11.1 Å². The summed E-state index contributed by atoms with van der Waals surface area (Å²) >= 11 is 0. The monoisotopic (exact) mass is 325 g/mol. The van der Waals surface area contributed by atoms with Crippen molar-refractivity contribution in [1.29, 1.82) is 0 Å². The Balaban J connectivity index is 1.79. The highest BCUT2D eigenvalue weighted by Crippen LogP contribution is 2.32. The third kappa shape index (κ3) is 4.04. The molecule has 24 heavy (non-hydrogen) atoms. The van der Waals surface area contributed by atoms with Gasteiger partial charge in [-0.1, -0.05) is 38.2 Å². The standard InChI is InChI=1S/C19H23N3O2/c20-16-7-9-17(10-8-16)21-18-11-6-15(13-19(18)22(23)24)12-14-4-2-1-3-5-14/h6-11,13-14,21H,1-5,12,20H2. The molecule has 0 aliphatic heterocycles. The molecule has 1 fully saturated rings. The smallest absolute Gasteiger partial charge is 0.292 e. The van der Waals surface area contributed by atoms with E-state index in [1.807, 2.05) is 24.3 Å². The van der Waals surface area contributed by atoms with Crippen LogP contribution in [0.2, 0.25) is 0 Å². The summed E-state index contributed by atoms with van der Waals surface area (Å²) in [5.74, 6) is 0.661. The normalized spacial score (nSPS) is 15.2. The molecule has 0 saturated heterocycles. The first-order chi connectivity index (χ1) is 11.6. The maximum Gasteiger partial charge on any atom is 0.292 e. The molecule has 0 amide bonds. The summed E-state index contributed by atoms with van der Waals surface area (Å²) in [6.07, 6.45) is 7.29. The fraction of sp³-hybridized carbons (Fsp3) is 0.368. The minimum absolute atomic E-state index is 0.125.